The number of nitrogens with zero attached hydrogens (tertiary/aromatic N) is 2. The molecule has 1 N–H and O–H groups in total. The van der Waals surface area contributed by atoms with Gasteiger partial charge in [0, 0.05) is 36.5 Å². The van der Waals surface area contributed by atoms with Crippen LogP contribution in [0.2, 0.25) is 0 Å². The number of aromatic nitrogens is 2. The number of aldehydes is 1. The first-order chi connectivity index (χ1) is 14.5. The van der Waals surface area contributed by atoms with Gasteiger partial charge in [0.2, 0.25) is 0 Å². The van der Waals surface area contributed by atoms with Crippen LogP contribution in [0.3, 0.4) is 0 Å². The molecule has 2 rings (SSSR count). The summed E-state index contributed by atoms with van der Waals surface area (Å²) in [5, 5.41) is 8.15. The number of hydrogen-bond acceptors (Lipinski definition) is 6. The zero-order valence-electron chi connectivity index (χ0n) is 19.7. The Morgan fingerprint density at radius 3 is 2.48 bits per heavy atom. The molecule has 0 saturated carbocycles. The van der Waals surface area contributed by atoms with Crippen molar-refractivity contribution < 1.29 is 23.8 Å². The van der Waals surface area contributed by atoms with Crippen LogP contribution in [-0.4, -0.2) is 54.1 Å². The Bertz CT molecular complexity index is 893. The molecule has 0 fully saturated rings. The molecule has 2 aromatic rings. The van der Waals surface area contributed by atoms with Crippen molar-refractivity contribution in [2.75, 3.05) is 20.3 Å². The van der Waals surface area contributed by atoms with Gasteiger partial charge in [0.15, 0.2) is 6.29 Å². The minimum atomic E-state index is -0.506. The van der Waals surface area contributed by atoms with Gasteiger partial charge < -0.3 is 19.5 Å². The molecular formula is C23H35N3O5. The predicted octanol–water partition coefficient (Wildman–Crippen LogP) is 4.20. The van der Waals surface area contributed by atoms with Gasteiger partial charge in [-0.3, -0.25) is 9.48 Å². The van der Waals surface area contributed by atoms with Crippen LogP contribution < -0.4 is 10.1 Å². The Kier molecular flexibility index (Phi) is 8.06. The fourth-order valence-corrected chi connectivity index (χ4v) is 3.02. The second kappa shape index (κ2) is 10.1. The summed E-state index contributed by atoms with van der Waals surface area (Å²) in [6.07, 6.45) is 0.517. The van der Waals surface area contributed by atoms with Gasteiger partial charge >= 0.3 is 6.09 Å². The number of hydrogen-bond donors (Lipinski definition) is 1. The highest BCUT2D eigenvalue weighted by Crippen LogP contribution is 2.29. The normalized spacial score (nSPS) is 13.1. The molecule has 0 aliphatic carbocycles. The molecule has 1 amide bonds. The number of benzene rings is 1. The Labute approximate surface area is 184 Å². The van der Waals surface area contributed by atoms with Crippen molar-refractivity contribution in [1.82, 2.24) is 15.1 Å². The van der Waals surface area contributed by atoms with E-state index < -0.39 is 17.7 Å². The van der Waals surface area contributed by atoms with Gasteiger partial charge in [-0.05, 0) is 26.8 Å². The Balaban J connectivity index is 2.32. The summed E-state index contributed by atoms with van der Waals surface area (Å²) in [6, 6.07) is 5.50. The lowest BCUT2D eigenvalue weighted by molar-refractivity contribution is 0.0151. The first-order valence-corrected chi connectivity index (χ1v) is 10.5. The van der Waals surface area contributed by atoms with Crippen LogP contribution in [0.25, 0.3) is 10.9 Å². The molecule has 31 heavy (non-hydrogen) atoms. The lowest BCUT2D eigenvalue weighted by Gasteiger charge is -2.31. The fourth-order valence-electron chi connectivity index (χ4n) is 3.02. The van der Waals surface area contributed by atoms with Gasteiger partial charge in [-0.25, -0.2) is 4.79 Å². The molecule has 172 valence electrons. The fraction of sp³-hybridized carbons (Fsp3) is 0.609. The lowest BCUT2D eigenvalue weighted by atomic mass is 9.89. The summed E-state index contributed by atoms with van der Waals surface area (Å²) < 4.78 is 18.2. The van der Waals surface area contributed by atoms with Gasteiger partial charge in [0.25, 0.3) is 0 Å². The number of rotatable bonds is 9. The quantitative estimate of drug-likeness (QED) is 0.471. The van der Waals surface area contributed by atoms with Gasteiger partial charge in [-0.1, -0.05) is 32.9 Å². The van der Waals surface area contributed by atoms with Gasteiger partial charge in [-0.2, -0.15) is 5.10 Å². The minimum absolute atomic E-state index is 0.243. The van der Waals surface area contributed by atoms with Gasteiger partial charge in [0.1, 0.15) is 23.1 Å². The molecule has 8 nitrogen and oxygen atoms in total. The number of carbonyl (C=O) groups excluding carboxylic acids is 2. The number of nitrogens with one attached hydrogen (secondary N) is 1. The third kappa shape index (κ3) is 6.95. The number of ether oxygens (including phenoxy) is 3. The van der Waals surface area contributed by atoms with Crippen LogP contribution in [-0.2, 0) is 16.0 Å². The molecular weight excluding hydrogens is 398 g/mol. The summed E-state index contributed by atoms with van der Waals surface area (Å²) in [6.45, 7) is 12.9. The molecule has 0 spiro atoms. The maximum absolute atomic E-state index is 12.4. The highest BCUT2D eigenvalue weighted by molar-refractivity contribution is 5.97. The molecule has 1 atom stereocenters. The second-order valence-corrected chi connectivity index (χ2v) is 9.67. The topological polar surface area (TPSA) is 91.7 Å². The third-order valence-corrected chi connectivity index (χ3v) is 4.67. The third-order valence-electron chi connectivity index (χ3n) is 4.67. The number of methoxy groups -OCH3 is 1. The van der Waals surface area contributed by atoms with Crippen LogP contribution in [0.15, 0.2) is 18.2 Å². The lowest BCUT2D eigenvalue weighted by Crippen LogP contribution is -2.45. The smallest absolute Gasteiger partial charge is 0.407 e. The Hall–Kier alpha value is -2.61. The first kappa shape index (κ1) is 24.7. The molecule has 1 aromatic carbocycles. The van der Waals surface area contributed by atoms with E-state index in [9.17, 15) is 9.59 Å². The summed E-state index contributed by atoms with van der Waals surface area (Å²) in [5.74, 6) is 0.606. The summed E-state index contributed by atoms with van der Waals surface area (Å²) in [4.78, 5) is 24.3. The monoisotopic (exact) mass is 433 g/mol. The van der Waals surface area contributed by atoms with Crippen LogP contribution in [0.5, 0.6) is 5.75 Å². The zero-order chi connectivity index (χ0) is 23.2. The van der Waals surface area contributed by atoms with Crippen molar-refractivity contribution in [2.24, 2.45) is 5.41 Å². The van der Waals surface area contributed by atoms with Crippen molar-refractivity contribution in [3.8, 4) is 5.75 Å². The summed E-state index contributed by atoms with van der Waals surface area (Å²) in [7, 11) is 1.65. The van der Waals surface area contributed by atoms with E-state index in [-0.39, 0.29) is 12.0 Å². The second-order valence-electron chi connectivity index (χ2n) is 9.67. The van der Waals surface area contributed by atoms with Crippen LogP contribution >= 0.6 is 0 Å². The van der Waals surface area contributed by atoms with Crippen LogP contribution in [0, 0.1) is 5.41 Å². The van der Waals surface area contributed by atoms with Crippen LogP contribution in [0.1, 0.15) is 58.5 Å². The Morgan fingerprint density at radius 2 is 1.90 bits per heavy atom. The van der Waals surface area contributed by atoms with E-state index in [1.165, 1.54) is 0 Å². The number of carbonyl (C=O) groups is 2. The molecule has 1 heterocycles. The van der Waals surface area contributed by atoms with Crippen molar-refractivity contribution in [1.29, 1.82) is 0 Å². The van der Waals surface area contributed by atoms with Crippen LogP contribution in [0.4, 0.5) is 4.79 Å². The maximum Gasteiger partial charge on any atom is 0.407 e. The molecule has 0 aliphatic rings. The van der Waals surface area contributed by atoms with Crippen molar-refractivity contribution >= 4 is 23.3 Å². The van der Waals surface area contributed by atoms with E-state index in [1.807, 2.05) is 59.7 Å². The van der Waals surface area contributed by atoms with E-state index in [0.717, 1.165) is 12.7 Å². The number of fused-ring (bicyclic) bond motifs is 1. The summed E-state index contributed by atoms with van der Waals surface area (Å²) >= 11 is 0. The standard InChI is InChI=1S/C23H35N3O5/c1-22(2,3)19(31-21(28)24-23(4,5)6)14-26-17(15-27)16-10-8-11-18(20(16)25-26)30-13-9-12-29-7/h8,10-11,15,19H,9,12-14H2,1-7H3,(H,24,28)/t19-/m0/s1. The molecule has 1 aromatic heterocycles. The molecule has 0 aliphatic heterocycles. The predicted molar refractivity (Wildman–Crippen MR) is 120 cm³/mol. The first-order valence-electron chi connectivity index (χ1n) is 10.5. The maximum atomic E-state index is 12.4. The largest absolute Gasteiger partial charge is 0.491 e. The Morgan fingerprint density at radius 1 is 1.19 bits per heavy atom. The zero-order valence-corrected chi connectivity index (χ0v) is 19.7. The average molecular weight is 434 g/mol. The van der Waals surface area contributed by atoms with E-state index in [2.05, 4.69) is 10.4 Å². The number of amides is 1. The van der Waals surface area contributed by atoms with E-state index in [0.29, 0.717) is 35.6 Å². The molecule has 0 saturated heterocycles. The summed E-state index contributed by atoms with van der Waals surface area (Å²) in [5.41, 5.74) is 0.246. The molecule has 0 bridgehead atoms. The van der Waals surface area contributed by atoms with Crippen molar-refractivity contribution in [3.05, 3.63) is 23.9 Å². The van der Waals surface area contributed by atoms with Crippen molar-refractivity contribution in [2.45, 2.75) is 66.2 Å². The molecule has 8 heteroatoms. The SMILES string of the molecule is COCCCOc1cccc2c(C=O)n(C[C@H](OC(=O)NC(C)(C)C)C(C)(C)C)nc12. The van der Waals surface area contributed by atoms with Gasteiger partial charge in [0.05, 0.1) is 13.2 Å². The van der Waals surface area contributed by atoms with E-state index >= 15 is 0 Å². The minimum Gasteiger partial charge on any atom is -0.491 e. The highest BCUT2D eigenvalue weighted by Gasteiger charge is 2.31. The van der Waals surface area contributed by atoms with E-state index in [4.69, 9.17) is 14.2 Å². The van der Waals surface area contributed by atoms with Crippen molar-refractivity contribution in [3.63, 3.8) is 0 Å². The van der Waals surface area contributed by atoms with E-state index in [1.54, 1.807) is 11.8 Å². The average Bonchev–Trinajstić information content (AvgIpc) is 3.00. The molecule has 0 unspecified atom stereocenters. The number of alkyl carbamates (subject to hydrolysis) is 1. The van der Waals surface area contributed by atoms with Gasteiger partial charge in [-0.15, -0.1) is 0 Å². The highest BCUT2D eigenvalue weighted by atomic mass is 16.6. The molecule has 0 radical (unpaired) electrons.